The molecular formula is C16H27N3. The second-order valence-electron chi connectivity index (χ2n) is 5.95. The third-order valence-corrected chi connectivity index (χ3v) is 3.82. The first-order chi connectivity index (χ1) is 9.15. The minimum atomic E-state index is 0.570. The number of nitrogens with one attached hydrogen (secondary N) is 1. The lowest BCUT2D eigenvalue weighted by atomic mass is 10.0. The number of rotatable bonds is 5. The van der Waals surface area contributed by atoms with Crippen LogP contribution in [0.5, 0.6) is 0 Å². The molecule has 19 heavy (non-hydrogen) atoms. The molecule has 2 heterocycles. The summed E-state index contributed by atoms with van der Waals surface area (Å²) in [7, 11) is 0. The van der Waals surface area contributed by atoms with Crippen LogP contribution in [0.25, 0.3) is 0 Å². The van der Waals surface area contributed by atoms with Gasteiger partial charge in [0.1, 0.15) is 0 Å². The Balaban J connectivity index is 1.95. The van der Waals surface area contributed by atoms with Crippen LogP contribution in [0.4, 0.5) is 0 Å². The maximum Gasteiger partial charge on any atom is 0.0547 e. The average Bonchev–Trinajstić information content (AvgIpc) is 2.38. The maximum atomic E-state index is 4.63. The van der Waals surface area contributed by atoms with Crippen LogP contribution in [-0.4, -0.2) is 35.1 Å². The highest BCUT2D eigenvalue weighted by molar-refractivity contribution is 5.10. The van der Waals surface area contributed by atoms with Crippen molar-refractivity contribution in [2.45, 2.75) is 58.7 Å². The summed E-state index contributed by atoms with van der Waals surface area (Å²) < 4.78 is 0. The second-order valence-corrected chi connectivity index (χ2v) is 5.95. The van der Waals surface area contributed by atoms with Gasteiger partial charge >= 0.3 is 0 Å². The third-order valence-electron chi connectivity index (χ3n) is 3.82. The fourth-order valence-electron chi connectivity index (χ4n) is 2.77. The lowest BCUT2D eigenvalue weighted by Crippen LogP contribution is -2.46. The van der Waals surface area contributed by atoms with Crippen molar-refractivity contribution in [2.75, 3.05) is 13.1 Å². The number of hydrogen-bond donors (Lipinski definition) is 1. The van der Waals surface area contributed by atoms with Gasteiger partial charge in [-0.05, 0) is 38.4 Å². The van der Waals surface area contributed by atoms with Gasteiger partial charge in [-0.1, -0.05) is 26.3 Å². The number of aryl methyl sites for hydroxylation is 1. The molecule has 1 aromatic heterocycles. The number of nitrogens with zero attached hydrogens (tertiary/aromatic N) is 2. The van der Waals surface area contributed by atoms with Crippen LogP contribution in [0.1, 0.15) is 44.5 Å². The number of pyridine rings is 1. The zero-order chi connectivity index (χ0) is 13.7. The van der Waals surface area contributed by atoms with Gasteiger partial charge in [0.25, 0.3) is 0 Å². The van der Waals surface area contributed by atoms with E-state index in [9.17, 15) is 0 Å². The molecule has 106 valence electrons. The Bertz CT molecular complexity index is 389. The van der Waals surface area contributed by atoms with E-state index in [2.05, 4.69) is 54.2 Å². The van der Waals surface area contributed by atoms with E-state index in [1.165, 1.54) is 31.5 Å². The van der Waals surface area contributed by atoms with Gasteiger partial charge in [-0.3, -0.25) is 9.88 Å². The summed E-state index contributed by atoms with van der Waals surface area (Å²) in [4.78, 5) is 7.23. The first-order valence-corrected chi connectivity index (χ1v) is 7.55. The van der Waals surface area contributed by atoms with Crippen molar-refractivity contribution in [3.63, 3.8) is 0 Å². The molecule has 0 radical (unpaired) electrons. The normalized spacial score (nSPS) is 20.9. The van der Waals surface area contributed by atoms with Crippen LogP contribution < -0.4 is 5.32 Å². The zero-order valence-corrected chi connectivity index (χ0v) is 12.5. The van der Waals surface area contributed by atoms with Gasteiger partial charge in [0.15, 0.2) is 0 Å². The third kappa shape index (κ3) is 4.59. The standard InChI is InChI=1S/C16H27N3/c1-13(2)17-11-16-9-4-5-10-19(16)12-15-8-6-7-14(3)18-15/h6-8,13,16-17H,4-5,9-12H2,1-3H3. The summed E-state index contributed by atoms with van der Waals surface area (Å²) in [5.41, 5.74) is 2.32. The highest BCUT2D eigenvalue weighted by atomic mass is 15.2. The highest BCUT2D eigenvalue weighted by Gasteiger charge is 2.22. The van der Waals surface area contributed by atoms with E-state index in [4.69, 9.17) is 0 Å². The van der Waals surface area contributed by atoms with Crippen molar-refractivity contribution in [3.05, 3.63) is 29.6 Å². The molecule has 1 aliphatic heterocycles. The second kappa shape index (κ2) is 7.01. The molecule has 1 aliphatic rings. The molecule has 0 spiro atoms. The summed E-state index contributed by atoms with van der Waals surface area (Å²) in [6.45, 7) is 9.80. The van der Waals surface area contributed by atoms with Gasteiger partial charge in [0.2, 0.25) is 0 Å². The molecular weight excluding hydrogens is 234 g/mol. The van der Waals surface area contributed by atoms with Crippen molar-refractivity contribution in [1.29, 1.82) is 0 Å². The predicted molar refractivity (Wildman–Crippen MR) is 80.2 cm³/mol. The van der Waals surface area contributed by atoms with Crippen LogP contribution >= 0.6 is 0 Å². The Morgan fingerprint density at radius 2 is 2.21 bits per heavy atom. The van der Waals surface area contributed by atoms with Gasteiger partial charge in [-0.25, -0.2) is 0 Å². The topological polar surface area (TPSA) is 28.2 Å². The molecule has 1 N–H and O–H groups in total. The zero-order valence-electron chi connectivity index (χ0n) is 12.5. The SMILES string of the molecule is Cc1cccc(CN2CCCCC2CNC(C)C)n1. The summed E-state index contributed by atoms with van der Waals surface area (Å²) in [6.07, 6.45) is 4.00. The van der Waals surface area contributed by atoms with Gasteiger partial charge in [-0.15, -0.1) is 0 Å². The van der Waals surface area contributed by atoms with E-state index in [0.29, 0.717) is 12.1 Å². The molecule has 1 saturated heterocycles. The smallest absolute Gasteiger partial charge is 0.0547 e. The van der Waals surface area contributed by atoms with Crippen LogP contribution in [0.3, 0.4) is 0 Å². The van der Waals surface area contributed by atoms with Crippen molar-refractivity contribution in [1.82, 2.24) is 15.2 Å². The summed E-state index contributed by atoms with van der Waals surface area (Å²) >= 11 is 0. The number of aromatic nitrogens is 1. The molecule has 0 aliphatic carbocycles. The van der Waals surface area contributed by atoms with Crippen molar-refractivity contribution in [2.24, 2.45) is 0 Å². The van der Waals surface area contributed by atoms with E-state index in [1.54, 1.807) is 0 Å². The molecule has 1 unspecified atom stereocenters. The van der Waals surface area contributed by atoms with Crippen LogP contribution in [-0.2, 0) is 6.54 Å². The first kappa shape index (κ1) is 14.5. The van der Waals surface area contributed by atoms with Crippen molar-refractivity contribution < 1.29 is 0 Å². The lowest BCUT2D eigenvalue weighted by Gasteiger charge is -2.36. The fraction of sp³-hybridized carbons (Fsp3) is 0.688. The van der Waals surface area contributed by atoms with Crippen LogP contribution in [0.2, 0.25) is 0 Å². The van der Waals surface area contributed by atoms with Gasteiger partial charge in [0.05, 0.1) is 5.69 Å². The molecule has 1 aromatic rings. The van der Waals surface area contributed by atoms with Crippen LogP contribution in [0, 0.1) is 6.92 Å². The summed E-state index contributed by atoms with van der Waals surface area (Å²) in [6, 6.07) is 7.56. The van der Waals surface area contributed by atoms with E-state index in [-0.39, 0.29) is 0 Å². The molecule has 1 atom stereocenters. The Labute approximate surface area is 117 Å². The highest BCUT2D eigenvalue weighted by Crippen LogP contribution is 2.18. The number of piperidine rings is 1. The number of likely N-dealkylation sites (tertiary alicyclic amines) is 1. The van der Waals surface area contributed by atoms with E-state index < -0.39 is 0 Å². The molecule has 0 bridgehead atoms. The lowest BCUT2D eigenvalue weighted by molar-refractivity contribution is 0.134. The van der Waals surface area contributed by atoms with E-state index in [0.717, 1.165) is 18.8 Å². The minimum absolute atomic E-state index is 0.570. The molecule has 2 rings (SSSR count). The number of hydrogen-bond acceptors (Lipinski definition) is 3. The molecule has 0 amide bonds. The van der Waals surface area contributed by atoms with Crippen LogP contribution in [0.15, 0.2) is 18.2 Å². The first-order valence-electron chi connectivity index (χ1n) is 7.55. The maximum absolute atomic E-state index is 4.63. The summed E-state index contributed by atoms with van der Waals surface area (Å²) in [5, 5.41) is 3.58. The van der Waals surface area contributed by atoms with Gasteiger partial charge in [-0.2, -0.15) is 0 Å². The Kier molecular flexibility index (Phi) is 5.34. The van der Waals surface area contributed by atoms with Crippen molar-refractivity contribution in [3.8, 4) is 0 Å². The van der Waals surface area contributed by atoms with Gasteiger partial charge in [0, 0.05) is 30.9 Å². The quantitative estimate of drug-likeness (QED) is 0.883. The Hall–Kier alpha value is -0.930. The summed E-state index contributed by atoms with van der Waals surface area (Å²) in [5.74, 6) is 0. The molecule has 1 fully saturated rings. The molecule has 3 heteroatoms. The molecule has 3 nitrogen and oxygen atoms in total. The average molecular weight is 261 g/mol. The van der Waals surface area contributed by atoms with E-state index >= 15 is 0 Å². The molecule has 0 aromatic carbocycles. The monoisotopic (exact) mass is 261 g/mol. The minimum Gasteiger partial charge on any atom is -0.313 e. The Morgan fingerprint density at radius 3 is 2.95 bits per heavy atom. The fourth-order valence-corrected chi connectivity index (χ4v) is 2.77. The van der Waals surface area contributed by atoms with Gasteiger partial charge < -0.3 is 5.32 Å². The predicted octanol–water partition coefficient (Wildman–Crippen LogP) is 2.74. The van der Waals surface area contributed by atoms with Crippen molar-refractivity contribution >= 4 is 0 Å². The van der Waals surface area contributed by atoms with E-state index in [1.807, 2.05) is 0 Å². The molecule has 0 saturated carbocycles. The Morgan fingerprint density at radius 1 is 1.37 bits per heavy atom. The largest absolute Gasteiger partial charge is 0.313 e.